The standard InChI is InChI=1S/C14H30BNO2/c1-9(16-12(4)17)10(2)18-14(7,8)13(5,6)11(3)15/h9-11H,15H2,1-8H3,(H,16,17). The first-order valence-electron chi connectivity index (χ1n) is 6.86. The van der Waals surface area contributed by atoms with Crippen molar-refractivity contribution in [3.63, 3.8) is 0 Å². The lowest BCUT2D eigenvalue weighted by Crippen LogP contribution is -2.50. The molecule has 3 nitrogen and oxygen atoms in total. The van der Waals surface area contributed by atoms with Crippen LogP contribution in [0.4, 0.5) is 0 Å². The highest BCUT2D eigenvalue weighted by Crippen LogP contribution is 2.42. The van der Waals surface area contributed by atoms with Gasteiger partial charge in [0.15, 0.2) is 0 Å². The van der Waals surface area contributed by atoms with E-state index in [0.29, 0.717) is 5.82 Å². The lowest BCUT2D eigenvalue weighted by atomic mass is 9.61. The van der Waals surface area contributed by atoms with E-state index in [4.69, 9.17) is 4.74 Å². The molecule has 0 spiro atoms. The molecule has 1 N–H and O–H groups in total. The van der Waals surface area contributed by atoms with Crippen LogP contribution in [-0.2, 0) is 9.53 Å². The lowest BCUT2D eigenvalue weighted by Gasteiger charge is -2.46. The number of carbonyl (C=O) groups is 1. The van der Waals surface area contributed by atoms with Crippen molar-refractivity contribution in [3.05, 3.63) is 0 Å². The molecule has 0 aliphatic rings. The van der Waals surface area contributed by atoms with Crippen LogP contribution in [0, 0.1) is 5.41 Å². The topological polar surface area (TPSA) is 38.3 Å². The second kappa shape index (κ2) is 6.09. The monoisotopic (exact) mass is 255 g/mol. The second-order valence-electron chi connectivity index (χ2n) is 6.70. The van der Waals surface area contributed by atoms with Gasteiger partial charge in [0.1, 0.15) is 7.85 Å². The zero-order valence-corrected chi connectivity index (χ0v) is 13.5. The number of nitrogens with one attached hydrogen (secondary N) is 1. The van der Waals surface area contributed by atoms with Crippen LogP contribution >= 0.6 is 0 Å². The number of hydrogen-bond acceptors (Lipinski definition) is 2. The molecule has 0 bridgehead atoms. The molecule has 106 valence electrons. The van der Waals surface area contributed by atoms with Gasteiger partial charge in [-0.15, -0.1) is 0 Å². The van der Waals surface area contributed by atoms with Crippen LogP contribution in [-0.4, -0.2) is 31.5 Å². The molecule has 0 aliphatic carbocycles. The molecule has 0 aromatic heterocycles. The Morgan fingerprint density at radius 1 is 1.17 bits per heavy atom. The fraction of sp³-hybridized carbons (Fsp3) is 0.929. The van der Waals surface area contributed by atoms with Crippen molar-refractivity contribution in [1.82, 2.24) is 5.32 Å². The first-order chi connectivity index (χ1) is 7.91. The third kappa shape index (κ3) is 4.31. The molecule has 1 amide bonds. The SMILES string of the molecule is BC(C)C(C)(C)C(C)(C)OC(C)C(C)NC(C)=O. The molecule has 0 aromatic carbocycles. The molecule has 18 heavy (non-hydrogen) atoms. The number of carbonyl (C=O) groups excluding carboxylic acids is 1. The number of hydrogen-bond donors (Lipinski definition) is 1. The van der Waals surface area contributed by atoms with E-state index >= 15 is 0 Å². The zero-order valence-electron chi connectivity index (χ0n) is 13.5. The van der Waals surface area contributed by atoms with Crippen LogP contribution in [0.15, 0.2) is 0 Å². The summed E-state index contributed by atoms with van der Waals surface area (Å²) in [5, 5.41) is 2.88. The summed E-state index contributed by atoms with van der Waals surface area (Å²) >= 11 is 0. The van der Waals surface area contributed by atoms with Crippen LogP contribution in [0.5, 0.6) is 0 Å². The average Bonchev–Trinajstić information content (AvgIpc) is 2.14. The Morgan fingerprint density at radius 3 is 1.94 bits per heavy atom. The fourth-order valence-corrected chi connectivity index (χ4v) is 1.85. The number of ether oxygens (including phenoxy) is 1. The molecule has 0 saturated heterocycles. The van der Waals surface area contributed by atoms with Gasteiger partial charge < -0.3 is 10.1 Å². The molecule has 0 fully saturated rings. The van der Waals surface area contributed by atoms with Crippen molar-refractivity contribution in [2.45, 2.75) is 79.0 Å². The summed E-state index contributed by atoms with van der Waals surface area (Å²) in [7, 11) is 2.22. The van der Waals surface area contributed by atoms with Crippen LogP contribution in [0.25, 0.3) is 0 Å². The predicted octanol–water partition coefficient (Wildman–Crippen LogP) is 2.16. The Kier molecular flexibility index (Phi) is 5.92. The van der Waals surface area contributed by atoms with Crippen LogP contribution in [0.1, 0.15) is 55.4 Å². The van der Waals surface area contributed by atoms with Crippen molar-refractivity contribution < 1.29 is 9.53 Å². The Hall–Kier alpha value is -0.505. The molecule has 4 heteroatoms. The van der Waals surface area contributed by atoms with E-state index in [1.165, 1.54) is 6.92 Å². The molecular formula is C14H30BNO2. The highest BCUT2D eigenvalue weighted by Gasteiger charge is 2.41. The van der Waals surface area contributed by atoms with Gasteiger partial charge in [0.25, 0.3) is 0 Å². The molecule has 0 heterocycles. The molecule has 0 saturated carbocycles. The zero-order chi connectivity index (χ0) is 14.7. The van der Waals surface area contributed by atoms with Gasteiger partial charge in [-0.3, -0.25) is 4.79 Å². The highest BCUT2D eigenvalue weighted by atomic mass is 16.5. The third-order valence-electron chi connectivity index (χ3n) is 4.61. The molecule has 0 aromatic rings. The Bertz CT molecular complexity index is 288. The molecule has 3 atom stereocenters. The molecule has 3 unspecified atom stereocenters. The number of rotatable bonds is 6. The van der Waals surface area contributed by atoms with E-state index in [1.807, 2.05) is 13.8 Å². The van der Waals surface area contributed by atoms with E-state index in [9.17, 15) is 4.79 Å². The van der Waals surface area contributed by atoms with Gasteiger partial charge in [0.2, 0.25) is 5.91 Å². The summed E-state index contributed by atoms with van der Waals surface area (Å²) in [6, 6.07) is 0.0183. The van der Waals surface area contributed by atoms with E-state index in [1.54, 1.807) is 0 Å². The van der Waals surface area contributed by atoms with Gasteiger partial charge >= 0.3 is 0 Å². The maximum absolute atomic E-state index is 11.1. The van der Waals surface area contributed by atoms with E-state index in [0.717, 1.165) is 0 Å². The van der Waals surface area contributed by atoms with Crippen LogP contribution < -0.4 is 5.32 Å². The Morgan fingerprint density at radius 2 is 1.61 bits per heavy atom. The van der Waals surface area contributed by atoms with Gasteiger partial charge in [0, 0.05) is 6.92 Å². The van der Waals surface area contributed by atoms with Gasteiger partial charge in [-0.25, -0.2) is 0 Å². The van der Waals surface area contributed by atoms with Gasteiger partial charge in [-0.05, 0) is 33.1 Å². The lowest BCUT2D eigenvalue weighted by molar-refractivity contribution is -0.142. The predicted molar refractivity (Wildman–Crippen MR) is 79.7 cm³/mol. The number of amides is 1. The maximum atomic E-state index is 11.1. The van der Waals surface area contributed by atoms with Crippen molar-refractivity contribution in [1.29, 1.82) is 0 Å². The van der Waals surface area contributed by atoms with Gasteiger partial charge in [-0.1, -0.05) is 26.6 Å². The van der Waals surface area contributed by atoms with E-state index in [-0.39, 0.29) is 29.1 Å². The van der Waals surface area contributed by atoms with Crippen molar-refractivity contribution in [3.8, 4) is 0 Å². The maximum Gasteiger partial charge on any atom is 0.217 e. The summed E-state index contributed by atoms with van der Waals surface area (Å²) < 4.78 is 6.21. The first kappa shape index (κ1) is 17.5. The molecule has 0 radical (unpaired) electrons. The molecule has 0 rings (SSSR count). The summed E-state index contributed by atoms with van der Waals surface area (Å²) in [4.78, 5) is 11.1. The quantitative estimate of drug-likeness (QED) is 0.739. The van der Waals surface area contributed by atoms with Crippen molar-refractivity contribution >= 4 is 13.8 Å². The van der Waals surface area contributed by atoms with Crippen LogP contribution in [0.3, 0.4) is 0 Å². The largest absolute Gasteiger partial charge is 0.370 e. The first-order valence-corrected chi connectivity index (χ1v) is 6.86. The third-order valence-corrected chi connectivity index (χ3v) is 4.61. The smallest absolute Gasteiger partial charge is 0.217 e. The molecule has 0 aliphatic heterocycles. The minimum atomic E-state index is -0.243. The minimum Gasteiger partial charge on any atom is -0.370 e. The summed E-state index contributed by atoms with van der Waals surface area (Å²) in [5.41, 5.74) is -0.176. The van der Waals surface area contributed by atoms with E-state index in [2.05, 4.69) is 47.8 Å². The van der Waals surface area contributed by atoms with E-state index < -0.39 is 0 Å². The summed E-state index contributed by atoms with van der Waals surface area (Å²) in [6.45, 7) is 16.5. The average molecular weight is 255 g/mol. The molecular weight excluding hydrogens is 225 g/mol. The highest BCUT2D eigenvalue weighted by molar-refractivity contribution is 6.11. The van der Waals surface area contributed by atoms with Crippen LogP contribution in [0.2, 0.25) is 5.82 Å². The van der Waals surface area contributed by atoms with Gasteiger partial charge in [-0.2, -0.15) is 0 Å². The van der Waals surface area contributed by atoms with Gasteiger partial charge in [0.05, 0.1) is 17.7 Å². The normalized spacial score (nSPS) is 18.0. The summed E-state index contributed by atoms with van der Waals surface area (Å²) in [5.74, 6) is 0.509. The second-order valence-corrected chi connectivity index (χ2v) is 6.70. The summed E-state index contributed by atoms with van der Waals surface area (Å²) in [6.07, 6.45) is -0.0121. The Labute approximate surface area is 113 Å². The Balaban J connectivity index is 4.72. The minimum absolute atomic E-state index is 0.0121. The van der Waals surface area contributed by atoms with Crippen molar-refractivity contribution in [2.75, 3.05) is 0 Å². The fourth-order valence-electron chi connectivity index (χ4n) is 1.85. The van der Waals surface area contributed by atoms with Crippen molar-refractivity contribution in [2.24, 2.45) is 5.41 Å².